The highest BCUT2D eigenvalue weighted by Gasteiger charge is 2.24. The van der Waals surface area contributed by atoms with E-state index in [2.05, 4.69) is 5.32 Å². The molecule has 4 heteroatoms. The van der Waals surface area contributed by atoms with Crippen molar-refractivity contribution < 1.29 is 9.59 Å². The Labute approximate surface area is 126 Å². The van der Waals surface area contributed by atoms with Crippen molar-refractivity contribution in [2.75, 3.05) is 13.1 Å². The number of hydrogen-bond acceptors (Lipinski definition) is 2. The van der Waals surface area contributed by atoms with Crippen LogP contribution in [0.3, 0.4) is 0 Å². The monoisotopic (exact) mass is 288 g/mol. The van der Waals surface area contributed by atoms with Crippen LogP contribution in [0.15, 0.2) is 30.3 Å². The highest BCUT2D eigenvalue weighted by Crippen LogP contribution is 2.19. The third-order valence-electron chi connectivity index (χ3n) is 3.98. The van der Waals surface area contributed by atoms with E-state index in [1.807, 2.05) is 49.1 Å². The Hall–Kier alpha value is -1.84. The molecule has 1 aliphatic heterocycles. The summed E-state index contributed by atoms with van der Waals surface area (Å²) in [7, 11) is 0. The van der Waals surface area contributed by atoms with Crippen LogP contribution in [0.5, 0.6) is 0 Å². The van der Waals surface area contributed by atoms with E-state index in [9.17, 15) is 9.59 Å². The van der Waals surface area contributed by atoms with Crippen LogP contribution in [0.1, 0.15) is 44.6 Å². The molecule has 1 aromatic carbocycles. The standard InChI is InChI=1S/C17H24N2O2/c1-3-15(14-8-5-4-6-9-14)17(21)18-13(2)12-19-11-7-10-16(19)20/h4-6,8-9,13,15H,3,7,10-12H2,1-2H3,(H,18,21). The van der Waals surface area contributed by atoms with E-state index >= 15 is 0 Å². The number of nitrogens with zero attached hydrogens (tertiary/aromatic N) is 1. The molecule has 1 heterocycles. The Bertz CT molecular complexity index is 487. The number of hydrogen-bond donors (Lipinski definition) is 1. The highest BCUT2D eigenvalue weighted by molar-refractivity contribution is 5.84. The summed E-state index contributed by atoms with van der Waals surface area (Å²) in [5, 5.41) is 3.04. The molecular weight excluding hydrogens is 264 g/mol. The van der Waals surface area contributed by atoms with Gasteiger partial charge in [0.25, 0.3) is 0 Å². The van der Waals surface area contributed by atoms with Gasteiger partial charge in [-0.25, -0.2) is 0 Å². The average molecular weight is 288 g/mol. The molecule has 0 bridgehead atoms. The van der Waals surface area contributed by atoms with Gasteiger partial charge >= 0.3 is 0 Å². The van der Waals surface area contributed by atoms with Gasteiger partial charge in [0.05, 0.1) is 5.92 Å². The molecule has 0 aliphatic carbocycles. The summed E-state index contributed by atoms with van der Waals surface area (Å²) in [6, 6.07) is 9.83. The van der Waals surface area contributed by atoms with Crippen LogP contribution < -0.4 is 5.32 Å². The molecule has 21 heavy (non-hydrogen) atoms. The lowest BCUT2D eigenvalue weighted by Gasteiger charge is -2.24. The van der Waals surface area contributed by atoms with Crippen molar-refractivity contribution in [3.8, 4) is 0 Å². The molecule has 2 unspecified atom stereocenters. The Morgan fingerprint density at radius 3 is 2.62 bits per heavy atom. The minimum Gasteiger partial charge on any atom is -0.351 e. The summed E-state index contributed by atoms with van der Waals surface area (Å²) in [6.07, 6.45) is 2.34. The van der Waals surface area contributed by atoms with Crippen molar-refractivity contribution in [1.29, 1.82) is 0 Å². The van der Waals surface area contributed by atoms with Crippen molar-refractivity contribution in [3.05, 3.63) is 35.9 Å². The number of amides is 2. The summed E-state index contributed by atoms with van der Waals surface area (Å²) in [5.74, 6) is 0.122. The maximum Gasteiger partial charge on any atom is 0.227 e. The number of likely N-dealkylation sites (tertiary alicyclic amines) is 1. The third kappa shape index (κ3) is 4.06. The quantitative estimate of drug-likeness (QED) is 0.873. The number of carbonyl (C=O) groups excluding carboxylic acids is 2. The molecule has 0 saturated carbocycles. The maximum absolute atomic E-state index is 12.4. The molecule has 1 fully saturated rings. The fraction of sp³-hybridized carbons (Fsp3) is 0.529. The summed E-state index contributed by atoms with van der Waals surface area (Å²) < 4.78 is 0. The van der Waals surface area contributed by atoms with Crippen LogP contribution in [0, 0.1) is 0 Å². The Kier molecular flexibility index (Phi) is 5.37. The lowest BCUT2D eigenvalue weighted by Crippen LogP contribution is -2.44. The van der Waals surface area contributed by atoms with E-state index in [4.69, 9.17) is 0 Å². The molecule has 2 atom stereocenters. The molecular formula is C17H24N2O2. The van der Waals surface area contributed by atoms with Gasteiger partial charge in [0.15, 0.2) is 0 Å². The second-order valence-electron chi connectivity index (χ2n) is 5.72. The van der Waals surface area contributed by atoms with Crippen molar-refractivity contribution >= 4 is 11.8 Å². The minimum absolute atomic E-state index is 0.0164. The first kappa shape index (κ1) is 15.5. The second kappa shape index (κ2) is 7.25. The number of rotatable bonds is 6. The molecule has 0 aromatic heterocycles. The number of nitrogens with one attached hydrogen (secondary N) is 1. The van der Waals surface area contributed by atoms with Gasteiger partial charge < -0.3 is 10.2 Å². The first-order valence-corrected chi connectivity index (χ1v) is 7.75. The van der Waals surface area contributed by atoms with Gasteiger partial charge in [-0.2, -0.15) is 0 Å². The second-order valence-corrected chi connectivity index (χ2v) is 5.72. The van der Waals surface area contributed by atoms with Gasteiger partial charge in [-0.15, -0.1) is 0 Å². The summed E-state index contributed by atoms with van der Waals surface area (Å²) in [5.41, 5.74) is 1.04. The third-order valence-corrected chi connectivity index (χ3v) is 3.98. The molecule has 1 saturated heterocycles. The average Bonchev–Trinajstić information content (AvgIpc) is 2.86. The smallest absolute Gasteiger partial charge is 0.227 e. The van der Waals surface area contributed by atoms with Gasteiger partial charge in [0, 0.05) is 25.6 Å². The first-order chi connectivity index (χ1) is 10.1. The molecule has 2 amide bonds. The van der Waals surface area contributed by atoms with Crippen molar-refractivity contribution in [2.24, 2.45) is 0 Å². The fourth-order valence-electron chi connectivity index (χ4n) is 2.87. The van der Waals surface area contributed by atoms with Gasteiger partial charge in [-0.05, 0) is 25.3 Å². The van der Waals surface area contributed by atoms with E-state index < -0.39 is 0 Å². The Balaban J connectivity index is 1.91. The molecule has 1 aromatic rings. The molecule has 4 nitrogen and oxygen atoms in total. The van der Waals surface area contributed by atoms with E-state index in [1.165, 1.54) is 0 Å². The molecule has 1 N–H and O–H groups in total. The van der Waals surface area contributed by atoms with Crippen LogP contribution in [0.4, 0.5) is 0 Å². The van der Waals surface area contributed by atoms with Gasteiger partial charge in [0.1, 0.15) is 0 Å². The maximum atomic E-state index is 12.4. The summed E-state index contributed by atoms with van der Waals surface area (Å²) in [4.78, 5) is 25.9. The molecule has 0 radical (unpaired) electrons. The largest absolute Gasteiger partial charge is 0.351 e. The molecule has 2 rings (SSSR count). The Morgan fingerprint density at radius 2 is 2.05 bits per heavy atom. The summed E-state index contributed by atoms with van der Waals surface area (Å²) >= 11 is 0. The van der Waals surface area contributed by atoms with E-state index in [1.54, 1.807) is 0 Å². The van der Waals surface area contributed by atoms with Crippen LogP contribution in [-0.2, 0) is 9.59 Å². The fourth-order valence-corrected chi connectivity index (χ4v) is 2.87. The van der Waals surface area contributed by atoms with Crippen molar-refractivity contribution in [1.82, 2.24) is 10.2 Å². The predicted octanol–water partition coefficient (Wildman–Crippen LogP) is 2.31. The zero-order chi connectivity index (χ0) is 15.2. The van der Waals surface area contributed by atoms with Gasteiger partial charge in [0.2, 0.25) is 11.8 Å². The van der Waals surface area contributed by atoms with Crippen molar-refractivity contribution in [2.45, 2.75) is 45.1 Å². The summed E-state index contributed by atoms with van der Waals surface area (Å²) in [6.45, 7) is 5.40. The van der Waals surface area contributed by atoms with Gasteiger partial charge in [-0.1, -0.05) is 37.3 Å². The van der Waals surface area contributed by atoms with Crippen molar-refractivity contribution in [3.63, 3.8) is 0 Å². The topological polar surface area (TPSA) is 49.4 Å². The molecule has 114 valence electrons. The van der Waals surface area contributed by atoms with Crippen LogP contribution in [0.25, 0.3) is 0 Å². The highest BCUT2D eigenvalue weighted by atomic mass is 16.2. The number of benzene rings is 1. The lowest BCUT2D eigenvalue weighted by molar-refractivity contribution is -0.129. The van der Waals surface area contributed by atoms with E-state index in [0.29, 0.717) is 13.0 Å². The van der Waals surface area contributed by atoms with E-state index in [0.717, 1.165) is 24.9 Å². The zero-order valence-electron chi connectivity index (χ0n) is 12.8. The Morgan fingerprint density at radius 1 is 1.33 bits per heavy atom. The van der Waals surface area contributed by atoms with Crippen LogP contribution in [-0.4, -0.2) is 35.8 Å². The van der Waals surface area contributed by atoms with E-state index in [-0.39, 0.29) is 23.8 Å². The molecule has 1 aliphatic rings. The normalized spacial score (nSPS) is 17.6. The van der Waals surface area contributed by atoms with Crippen LogP contribution in [0.2, 0.25) is 0 Å². The molecule has 0 spiro atoms. The number of carbonyl (C=O) groups is 2. The van der Waals surface area contributed by atoms with Crippen LogP contribution >= 0.6 is 0 Å². The lowest BCUT2D eigenvalue weighted by atomic mass is 9.95. The zero-order valence-corrected chi connectivity index (χ0v) is 12.8. The minimum atomic E-state index is -0.122. The van der Waals surface area contributed by atoms with Gasteiger partial charge in [-0.3, -0.25) is 9.59 Å². The first-order valence-electron chi connectivity index (χ1n) is 7.75. The SMILES string of the molecule is CCC(C(=O)NC(C)CN1CCCC1=O)c1ccccc1. The predicted molar refractivity (Wildman–Crippen MR) is 82.9 cm³/mol.